The summed E-state index contributed by atoms with van der Waals surface area (Å²) in [5.74, 6) is 0.161. The highest BCUT2D eigenvalue weighted by Gasteiger charge is 2.38. The molecule has 2 N–H and O–H groups in total. The number of quaternary nitrogens is 1. The monoisotopic (exact) mass is 363 g/mol. The van der Waals surface area contributed by atoms with Crippen LogP contribution in [0.1, 0.15) is 52.4 Å². The van der Waals surface area contributed by atoms with Crippen LogP contribution < -0.4 is 5.32 Å². The third kappa shape index (κ3) is 4.34. The molecule has 0 radical (unpaired) electrons. The molecule has 0 spiro atoms. The molecule has 1 saturated carbocycles. The molecule has 2 amide bonds. The molecular formula is C20H31N2O4+. The summed E-state index contributed by atoms with van der Waals surface area (Å²) in [4.78, 5) is 37.3. The summed E-state index contributed by atoms with van der Waals surface area (Å²) < 4.78 is 5.94. The fraction of sp³-hybridized carbons (Fsp3) is 0.750. The Morgan fingerprint density at radius 3 is 2.23 bits per heavy atom. The Kier molecular flexibility index (Phi) is 5.80. The first-order chi connectivity index (χ1) is 12.4. The van der Waals surface area contributed by atoms with Gasteiger partial charge in [0.2, 0.25) is 0 Å². The Hall–Kier alpha value is -1.69. The summed E-state index contributed by atoms with van der Waals surface area (Å²) in [6.07, 6.45) is 8.12. The van der Waals surface area contributed by atoms with Crippen LogP contribution in [-0.4, -0.2) is 47.9 Å². The van der Waals surface area contributed by atoms with Gasteiger partial charge < -0.3 is 10.1 Å². The highest BCUT2D eigenvalue weighted by molar-refractivity contribution is 6.12. The molecule has 0 unspecified atom stereocenters. The fourth-order valence-electron chi connectivity index (χ4n) is 4.50. The lowest BCUT2D eigenvalue weighted by molar-refractivity contribution is -0.665. The van der Waals surface area contributed by atoms with E-state index in [1.807, 2.05) is 13.8 Å². The van der Waals surface area contributed by atoms with Crippen molar-refractivity contribution in [2.45, 2.75) is 58.0 Å². The van der Waals surface area contributed by atoms with Crippen LogP contribution in [0, 0.1) is 17.8 Å². The lowest BCUT2D eigenvalue weighted by atomic mass is 9.80. The number of amides is 2. The van der Waals surface area contributed by atoms with Crippen molar-refractivity contribution in [3.05, 3.63) is 12.2 Å². The highest BCUT2D eigenvalue weighted by Crippen LogP contribution is 2.34. The number of hydrogen-bond donors (Lipinski definition) is 1. The van der Waals surface area contributed by atoms with Crippen LogP contribution >= 0.6 is 0 Å². The Morgan fingerprint density at radius 1 is 1.08 bits per heavy atom. The first-order valence-electron chi connectivity index (χ1n) is 9.95. The molecule has 6 nitrogen and oxygen atoms in total. The smallest absolute Gasteiger partial charge is 0.309 e. The number of piperidine rings is 1. The molecular weight excluding hydrogens is 332 g/mol. The highest BCUT2D eigenvalue weighted by atomic mass is 16.6. The molecule has 0 bridgehead atoms. The largest absolute Gasteiger partial charge is 0.459 e. The molecule has 2 aliphatic heterocycles. The molecule has 144 valence electrons. The van der Waals surface area contributed by atoms with Crippen LogP contribution in [0.4, 0.5) is 0 Å². The van der Waals surface area contributed by atoms with Crippen LogP contribution in [0.5, 0.6) is 0 Å². The van der Waals surface area contributed by atoms with Gasteiger partial charge in [-0.05, 0) is 45.4 Å². The number of esters is 1. The van der Waals surface area contributed by atoms with E-state index in [4.69, 9.17) is 4.74 Å². The van der Waals surface area contributed by atoms with Gasteiger partial charge in [0.15, 0.2) is 0 Å². The van der Waals surface area contributed by atoms with Crippen molar-refractivity contribution in [2.75, 3.05) is 19.6 Å². The predicted molar refractivity (Wildman–Crippen MR) is 95.9 cm³/mol. The van der Waals surface area contributed by atoms with Crippen LogP contribution in [0.25, 0.3) is 0 Å². The SMILES string of the molecule is CC(C)(OC(=O)C1CCC(CN2C(=O)C=CC2=O)CC1)C1CC[NH2+]CC1. The summed E-state index contributed by atoms with van der Waals surface area (Å²) in [6.45, 7) is 6.78. The van der Waals surface area contributed by atoms with Crippen LogP contribution in [-0.2, 0) is 19.1 Å². The molecule has 0 aromatic heterocycles. The molecule has 3 rings (SSSR count). The van der Waals surface area contributed by atoms with Crippen molar-refractivity contribution in [3.8, 4) is 0 Å². The summed E-state index contributed by atoms with van der Waals surface area (Å²) in [5, 5.41) is 2.32. The summed E-state index contributed by atoms with van der Waals surface area (Å²) in [5.41, 5.74) is -0.401. The Bertz CT molecular complexity index is 567. The third-order valence-corrected chi connectivity index (χ3v) is 6.31. The second-order valence-corrected chi connectivity index (χ2v) is 8.50. The Labute approximate surface area is 155 Å². The average molecular weight is 363 g/mol. The number of nitrogens with zero attached hydrogens (tertiary/aromatic N) is 1. The van der Waals surface area contributed by atoms with Gasteiger partial charge in [-0.3, -0.25) is 19.3 Å². The molecule has 6 heteroatoms. The van der Waals surface area contributed by atoms with E-state index in [0.717, 1.165) is 51.6 Å². The number of nitrogens with two attached hydrogens (primary N) is 1. The van der Waals surface area contributed by atoms with Gasteiger partial charge in [0.1, 0.15) is 5.60 Å². The van der Waals surface area contributed by atoms with Crippen molar-refractivity contribution in [3.63, 3.8) is 0 Å². The lowest BCUT2D eigenvalue weighted by Gasteiger charge is -2.37. The number of imide groups is 1. The topological polar surface area (TPSA) is 80.3 Å². The zero-order valence-corrected chi connectivity index (χ0v) is 15.9. The number of ether oxygens (including phenoxy) is 1. The minimum atomic E-state index is -0.401. The van der Waals surface area contributed by atoms with Gasteiger partial charge >= 0.3 is 5.97 Å². The number of carbonyl (C=O) groups is 3. The van der Waals surface area contributed by atoms with Crippen molar-refractivity contribution < 1.29 is 24.4 Å². The zero-order chi connectivity index (χ0) is 18.7. The first-order valence-corrected chi connectivity index (χ1v) is 9.95. The molecule has 0 aromatic carbocycles. The molecule has 0 aromatic rings. The van der Waals surface area contributed by atoms with Crippen molar-refractivity contribution in [1.29, 1.82) is 0 Å². The quantitative estimate of drug-likeness (QED) is 0.584. The van der Waals surface area contributed by atoms with Gasteiger partial charge in [0, 0.05) is 37.5 Å². The zero-order valence-electron chi connectivity index (χ0n) is 15.9. The molecule has 2 fully saturated rings. The first kappa shape index (κ1) is 19.1. The lowest BCUT2D eigenvalue weighted by Crippen LogP contribution is -2.86. The molecule has 3 aliphatic rings. The summed E-state index contributed by atoms with van der Waals surface area (Å²) in [6, 6.07) is 0. The Balaban J connectivity index is 1.46. The minimum absolute atomic E-state index is 0.0521. The van der Waals surface area contributed by atoms with Gasteiger partial charge in [0.25, 0.3) is 11.8 Å². The van der Waals surface area contributed by atoms with Gasteiger partial charge in [-0.1, -0.05) is 0 Å². The van der Waals surface area contributed by atoms with Crippen molar-refractivity contribution in [1.82, 2.24) is 4.90 Å². The van der Waals surface area contributed by atoms with E-state index in [9.17, 15) is 14.4 Å². The van der Waals surface area contributed by atoms with E-state index < -0.39 is 5.60 Å². The Morgan fingerprint density at radius 2 is 1.65 bits per heavy atom. The number of rotatable bonds is 5. The fourth-order valence-corrected chi connectivity index (χ4v) is 4.50. The molecule has 1 saturated heterocycles. The molecule has 2 heterocycles. The average Bonchev–Trinajstić information content (AvgIpc) is 2.95. The van der Waals surface area contributed by atoms with Crippen LogP contribution in [0.3, 0.4) is 0 Å². The van der Waals surface area contributed by atoms with Gasteiger partial charge in [-0.25, -0.2) is 0 Å². The molecule has 26 heavy (non-hydrogen) atoms. The second kappa shape index (κ2) is 7.91. The van der Waals surface area contributed by atoms with E-state index in [2.05, 4.69) is 5.32 Å². The van der Waals surface area contributed by atoms with Gasteiger partial charge in [0.05, 0.1) is 19.0 Å². The van der Waals surface area contributed by atoms with E-state index in [1.165, 1.54) is 17.1 Å². The molecule has 0 atom stereocenters. The van der Waals surface area contributed by atoms with E-state index in [0.29, 0.717) is 12.5 Å². The van der Waals surface area contributed by atoms with E-state index in [1.54, 1.807) is 0 Å². The normalized spacial score (nSPS) is 27.8. The minimum Gasteiger partial charge on any atom is -0.459 e. The maximum Gasteiger partial charge on any atom is 0.309 e. The molecule has 1 aliphatic carbocycles. The maximum absolute atomic E-state index is 12.7. The maximum atomic E-state index is 12.7. The van der Waals surface area contributed by atoms with Crippen LogP contribution in [0.2, 0.25) is 0 Å². The standard InChI is InChI=1S/C20H30N2O4/c1-20(2,16-9-11-21-12-10-16)26-19(25)15-5-3-14(4-6-15)13-22-17(23)7-8-18(22)24/h7-8,14-16,21H,3-6,9-13H2,1-2H3/p+1. The van der Waals surface area contributed by atoms with Crippen molar-refractivity contribution >= 4 is 17.8 Å². The van der Waals surface area contributed by atoms with Crippen LogP contribution in [0.15, 0.2) is 12.2 Å². The van der Waals surface area contributed by atoms with Crippen molar-refractivity contribution in [2.24, 2.45) is 17.8 Å². The van der Waals surface area contributed by atoms with Gasteiger partial charge in [-0.15, -0.1) is 0 Å². The van der Waals surface area contributed by atoms with Gasteiger partial charge in [-0.2, -0.15) is 0 Å². The summed E-state index contributed by atoms with van der Waals surface area (Å²) in [7, 11) is 0. The predicted octanol–water partition coefficient (Wildman–Crippen LogP) is 1.01. The third-order valence-electron chi connectivity index (χ3n) is 6.31. The number of carbonyl (C=O) groups excluding carboxylic acids is 3. The van der Waals surface area contributed by atoms with E-state index in [-0.39, 0.29) is 29.6 Å². The summed E-state index contributed by atoms with van der Waals surface area (Å²) >= 11 is 0. The second-order valence-electron chi connectivity index (χ2n) is 8.50. The number of hydrogen-bond acceptors (Lipinski definition) is 4. The van der Waals surface area contributed by atoms with E-state index >= 15 is 0 Å².